The molecule has 3 heterocycles. The molecule has 0 N–H and O–H groups in total. The van der Waals surface area contributed by atoms with Gasteiger partial charge < -0.3 is 9.42 Å². The average Bonchev–Trinajstić information content (AvgIpc) is 3.10. The van der Waals surface area contributed by atoms with Crippen molar-refractivity contribution in [3.05, 3.63) is 30.3 Å². The first-order chi connectivity index (χ1) is 8.84. The second-order valence-corrected chi connectivity index (χ2v) is 4.14. The van der Waals surface area contributed by atoms with Crippen LogP contribution in [-0.4, -0.2) is 39.0 Å². The van der Waals surface area contributed by atoms with Crippen molar-refractivity contribution in [2.75, 3.05) is 13.1 Å². The summed E-state index contributed by atoms with van der Waals surface area (Å²) in [4.78, 5) is 21.9. The summed E-state index contributed by atoms with van der Waals surface area (Å²) in [6, 6.07) is 5.41. The van der Waals surface area contributed by atoms with Crippen LogP contribution in [0.3, 0.4) is 0 Å². The molecule has 6 heteroatoms. The Kier molecular flexibility index (Phi) is 2.76. The predicted molar refractivity (Wildman–Crippen MR) is 62.7 cm³/mol. The highest BCUT2D eigenvalue weighted by Gasteiger charge is 2.25. The molecule has 0 atom stereocenters. The molecule has 0 radical (unpaired) electrons. The number of carbonyl (C=O) groups excluding carboxylic acids is 1. The highest BCUT2D eigenvalue weighted by molar-refractivity contribution is 5.90. The number of likely N-dealkylation sites (tertiary alicyclic amines) is 1. The van der Waals surface area contributed by atoms with Crippen LogP contribution in [-0.2, 0) is 0 Å². The fourth-order valence-corrected chi connectivity index (χ4v) is 1.96. The van der Waals surface area contributed by atoms with Gasteiger partial charge in [0, 0.05) is 19.3 Å². The first-order valence-electron chi connectivity index (χ1n) is 5.89. The van der Waals surface area contributed by atoms with Gasteiger partial charge in [-0.1, -0.05) is 11.2 Å². The van der Waals surface area contributed by atoms with E-state index in [1.54, 1.807) is 23.2 Å². The first-order valence-corrected chi connectivity index (χ1v) is 5.89. The Balaban J connectivity index is 1.83. The second-order valence-electron chi connectivity index (χ2n) is 4.14. The average molecular weight is 244 g/mol. The van der Waals surface area contributed by atoms with E-state index in [-0.39, 0.29) is 11.8 Å². The van der Waals surface area contributed by atoms with Crippen molar-refractivity contribution in [3.63, 3.8) is 0 Å². The van der Waals surface area contributed by atoms with E-state index >= 15 is 0 Å². The number of pyridine rings is 1. The van der Waals surface area contributed by atoms with Crippen LogP contribution in [0, 0.1) is 0 Å². The van der Waals surface area contributed by atoms with Gasteiger partial charge in [0.05, 0.1) is 0 Å². The monoisotopic (exact) mass is 244 g/mol. The molecule has 1 amide bonds. The molecule has 1 fully saturated rings. The van der Waals surface area contributed by atoms with E-state index in [4.69, 9.17) is 4.52 Å². The smallest absolute Gasteiger partial charge is 0.316 e. The zero-order valence-electron chi connectivity index (χ0n) is 9.74. The molecule has 0 aliphatic carbocycles. The van der Waals surface area contributed by atoms with Gasteiger partial charge in [-0.25, -0.2) is 0 Å². The van der Waals surface area contributed by atoms with Crippen LogP contribution in [0.2, 0.25) is 0 Å². The summed E-state index contributed by atoms with van der Waals surface area (Å²) in [5, 5.41) is 3.78. The summed E-state index contributed by atoms with van der Waals surface area (Å²) in [5.41, 5.74) is 0.599. The summed E-state index contributed by atoms with van der Waals surface area (Å²) < 4.78 is 5.00. The fourth-order valence-electron chi connectivity index (χ4n) is 1.96. The zero-order chi connectivity index (χ0) is 12.4. The first kappa shape index (κ1) is 10.9. The van der Waals surface area contributed by atoms with Gasteiger partial charge in [0.15, 0.2) is 0 Å². The van der Waals surface area contributed by atoms with Crippen LogP contribution < -0.4 is 0 Å². The standard InChI is InChI=1S/C12H12N4O2/c17-12(16-7-3-4-8-16)11-14-10(15-18-11)9-5-1-2-6-13-9/h1-2,5-6H,3-4,7-8H2. The molecule has 2 aromatic heterocycles. The number of hydrogen-bond acceptors (Lipinski definition) is 5. The third-order valence-corrected chi connectivity index (χ3v) is 2.90. The molecule has 0 aromatic carbocycles. The molecule has 0 spiro atoms. The van der Waals surface area contributed by atoms with Crippen LogP contribution in [0.25, 0.3) is 11.5 Å². The van der Waals surface area contributed by atoms with E-state index in [9.17, 15) is 4.79 Å². The number of rotatable bonds is 2. The zero-order valence-corrected chi connectivity index (χ0v) is 9.74. The molecule has 1 aliphatic rings. The molecule has 1 saturated heterocycles. The molecule has 6 nitrogen and oxygen atoms in total. The Bertz CT molecular complexity index is 546. The summed E-state index contributed by atoms with van der Waals surface area (Å²) >= 11 is 0. The van der Waals surface area contributed by atoms with Crippen molar-refractivity contribution in [1.82, 2.24) is 20.0 Å². The highest BCUT2D eigenvalue weighted by atomic mass is 16.5. The van der Waals surface area contributed by atoms with E-state index in [2.05, 4.69) is 15.1 Å². The molecule has 92 valence electrons. The normalized spacial score (nSPS) is 15.0. The van der Waals surface area contributed by atoms with Crippen LogP contribution in [0.5, 0.6) is 0 Å². The van der Waals surface area contributed by atoms with Gasteiger partial charge >= 0.3 is 11.8 Å². The molecular weight excluding hydrogens is 232 g/mol. The summed E-state index contributed by atoms with van der Waals surface area (Å²) in [5.74, 6) is 0.192. The van der Waals surface area contributed by atoms with Crippen LogP contribution in [0.15, 0.2) is 28.9 Å². The van der Waals surface area contributed by atoms with E-state index in [1.807, 2.05) is 6.07 Å². The third kappa shape index (κ3) is 1.97. The number of aromatic nitrogens is 3. The van der Waals surface area contributed by atoms with Gasteiger partial charge in [0.1, 0.15) is 5.69 Å². The minimum Gasteiger partial charge on any atom is -0.334 e. The Hall–Kier alpha value is -2.24. The minimum absolute atomic E-state index is 0.0394. The van der Waals surface area contributed by atoms with E-state index in [0.29, 0.717) is 11.5 Å². The maximum Gasteiger partial charge on any atom is 0.316 e. The summed E-state index contributed by atoms with van der Waals surface area (Å²) in [6.45, 7) is 1.53. The molecule has 18 heavy (non-hydrogen) atoms. The second kappa shape index (κ2) is 4.56. The van der Waals surface area contributed by atoms with Gasteiger partial charge in [0.2, 0.25) is 5.82 Å². The van der Waals surface area contributed by atoms with Gasteiger partial charge in [-0.05, 0) is 25.0 Å². The lowest BCUT2D eigenvalue weighted by Gasteiger charge is -2.10. The molecule has 3 rings (SSSR count). The quantitative estimate of drug-likeness (QED) is 0.797. The lowest BCUT2D eigenvalue weighted by atomic mass is 10.3. The van der Waals surface area contributed by atoms with E-state index in [1.165, 1.54) is 0 Å². The molecule has 0 saturated carbocycles. The van der Waals surface area contributed by atoms with Crippen molar-refractivity contribution >= 4 is 5.91 Å². The van der Waals surface area contributed by atoms with Crippen LogP contribution >= 0.6 is 0 Å². The topological polar surface area (TPSA) is 72.1 Å². The SMILES string of the molecule is O=C(c1nc(-c2ccccn2)no1)N1CCCC1. The van der Waals surface area contributed by atoms with Gasteiger partial charge in [-0.2, -0.15) is 4.98 Å². The maximum absolute atomic E-state index is 12.0. The van der Waals surface area contributed by atoms with E-state index in [0.717, 1.165) is 25.9 Å². The molecule has 0 bridgehead atoms. The Morgan fingerprint density at radius 1 is 1.28 bits per heavy atom. The van der Waals surface area contributed by atoms with Gasteiger partial charge in [-0.3, -0.25) is 9.78 Å². The summed E-state index contributed by atoms with van der Waals surface area (Å²) in [6.07, 6.45) is 3.72. The molecule has 2 aromatic rings. The predicted octanol–water partition coefficient (Wildman–Crippen LogP) is 1.37. The van der Waals surface area contributed by atoms with Crippen LogP contribution in [0.1, 0.15) is 23.5 Å². The maximum atomic E-state index is 12.0. The Morgan fingerprint density at radius 3 is 2.83 bits per heavy atom. The molecule has 0 unspecified atom stereocenters. The minimum atomic E-state index is -0.192. The highest BCUT2D eigenvalue weighted by Crippen LogP contribution is 2.15. The van der Waals surface area contributed by atoms with Gasteiger partial charge in [-0.15, -0.1) is 0 Å². The number of carbonyl (C=O) groups is 1. The number of hydrogen-bond donors (Lipinski definition) is 0. The van der Waals surface area contributed by atoms with Crippen molar-refractivity contribution < 1.29 is 9.32 Å². The lowest BCUT2D eigenvalue weighted by molar-refractivity contribution is 0.0743. The van der Waals surface area contributed by atoms with Crippen molar-refractivity contribution in [3.8, 4) is 11.5 Å². The van der Waals surface area contributed by atoms with Crippen molar-refractivity contribution in [2.24, 2.45) is 0 Å². The molecular formula is C12H12N4O2. The number of nitrogens with zero attached hydrogens (tertiary/aromatic N) is 4. The Morgan fingerprint density at radius 2 is 2.11 bits per heavy atom. The third-order valence-electron chi connectivity index (χ3n) is 2.90. The van der Waals surface area contributed by atoms with Crippen molar-refractivity contribution in [2.45, 2.75) is 12.8 Å². The Labute approximate surface area is 104 Å². The van der Waals surface area contributed by atoms with E-state index < -0.39 is 0 Å². The summed E-state index contributed by atoms with van der Waals surface area (Å²) in [7, 11) is 0. The van der Waals surface area contributed by atoms with Crippen LogP contribution in [0.4, 0.5) is 0 Å². The fraction of sp³-hybridized carbons (Fsp3) is 0.333. The van der Waals surface area contributed by atoms with Crippen molar-refractivity contribution in [1.29, 1.82) is 0 Å². The van der Waals surface area contributed by atoms with Gasteiger partial charge in [0.25, 0.3) is 0 Å². The number of amides is 1. The lowest BCUT2D eigenvalue weighted by Crippen LogP contribution is -2.27. The largest absolute Gasteiger partial charge is 0.334 e. The molecule has 1 aliphatic heterocycles.